The predicted octanol–water partition coefficient (Wildman–Crippen LogP) is 4.95. The summed E-state index contributed by atoms with van der Waals surface area (Å²) in [4.78, 5) is 0.866. The minimum atomic E-state index is -4.92. The average molecular weight is 650 g/mol. The van der Waals surface area contributed by atoms with Crippen LogP contribution in [0, 0.1) is 0 Å². The summed E-state index contributed by atoms with van der Waals surface area (Å²) in [6, 6.07) is 9.26. The zero-order valence-electron chi connectivity index (χ0n) is 24.9. The van der Waals surface area contributed by atoms with Crippen LogP contribution in [0.5, 0.6) is 0 Å². The Morgan fingerprint density at radius 2 is 1.43 bits per heavy atom. The predicted molar refractivity (Wildman–Crippen MR) is 181 cm³/mol. The highest BCUT2D eigenvalue weighted by molar-refractivity contribution is 7.86. The summed E-state index contributed by atoms with van der Waals surface area (Å²) in [5, 5.41) is 2.07. The molecule has 0 saturated heterocycles. The number of hydrogen-bond donors (Lipinski definition) is 2. The minimum Gasteiger partial charge on any atom is -0.364 e. The van der Waals surface area contributed by atoms with Crippen molar-refractivity contribution in [2.75, 3.05) is 31.1 Å². The van der Waals surface area contributed by atoms with Crippen molar-refractivity contribution in [2.24, 2.45) is 0 Å². The maximum Gasteiger partial charge on any atom is 0.295 e. The summed E-state index contributed by atoms with van der Waals surface area (Å²) in [5.41, 5.74) is 4.10. The molecule has 2 aromatic carbocycles. The molecule has 1 heterocycles. The Morgan fingerprint density at radius 3 is 1.98 bits per heavy atom. The van der Waals surface area contributed by atoms with Crippen molar-refractivity contribution in [2.45, 2.75) is 22.9 Å². The van der Waals surface area contributed by atoms with Crippen LogP contribution < -0.4 is 10.1 Å². The van der Waals surface area contributed by atoms with Gasteiger partial charge in [0, 0.05) is 36.5 Å². The van der Waals surface area contributed by atoms with E-state index in [1.165, 1.54) is 6.07 Å². The number of hydrogen-bond acceptors (Lipinski definition) is 5. The van der Waals surface area contributed by atoms with E-state index in [2.05, 4.69) is 61.0 Å². The van der Waals surface area contributed by atoms with E-state index in [1.807, 2.05) is 48.6 Å². The molecule has 0 unspecified atom stereocenters. The molecule has 44 heavy (non-hydrogen) atoms. The number of benzene rings is 2. The molecule has 1 aliphatic carbocycles. The summed E-state index contributed by atoms with van der Waals surface area (Å²) >= 11 is 0. The van der Waals surface area contributed by atoms with Gasteiger partial charge in [0.2, 0.25) is 0 Å². The van der Waals surface area contributed by atoms with Crippen LogP contribution in [-0.4, -0.2) is 70.5 Å². The van der Waals surface area contributed by atoms with Gasteiger partial charge in [-0.05, 0) is 69.6 Å². The zero-order valence-corrected chi connectivity index (χ0v) is 27.5. The first-order valence-corrected chi connectivity index (χ1v) is 19.8. The SMILES string of the molecule is C=CCN(CC=C)c1ccc2c(c1)[Si](C)(C)C1=CC(=[N+](CC=C)CC=C)C=CC1=C2c1ccc(S(=O)(=O)O)cc1S(=O)(=O)O. The summed E-state index contributed by atoms with van der Waals surface area (Å²) in [6.07, 6.45) is 13.3. The van der Waals surface area contributed by atoms with E-state index in [1.54, 1.807) is 0 Å². The van der Waals surface area contributed by atoms with Gasteiger partial charge in [0.15, 0.2) is 18.8 Å². The Labute approximate surface area is 261 Å². The van der Waals surface area contributed by atoms with E-state index < -0.39 is 38.1 Å². The van der Waals surface area contributed by atoms with Crippen molar-refractivity contribution < 1.29 is 30.5 Å². The molecule has 2 aliphatic rings. The second kappa shape index (κ2) is 12.6. The molecular weight excluding hydrogens is 613 g/mol. The topological polar surface area (TPSA) is 115 Å². The molecule has 8 nitrogen and oxygen atoms in total. The average Bonchev–Trinajstić information content (AvgIpc) is 2.96. The summed E-state index contributed by atoms with van der Waals surface area (Å²) in [7, 11) is -12.1. The second-order valence-electron chi connectivity index (χ2n) is 11.0. The molecule has 0 fully saturated rings. The molecule has 2 N–H and O–H groups in total. The first-order valence-electron chi connectivity index (χ1n) is 13.9. The normalized spacial score (nSPS) is 15.5. The molecular formula is C33H37N2O6S2Si+. The van der Waals surface area contributed by atoms with E-state index in [0.717, 1.165) is 45.1 Å². The van der Waals surface area contributed by atoms with Crippen LogP contribution in [0.1, 0.15) is 11.1 Å². The van der Waals surface area contributed by atoms with Crippen LogP contribution in [0.4, 0.5) is 5.69 Å². The van der Waals surface area contributed by atoms with Gasteiger partial charge in [-0.15, -0.1) is 13.2 Å². The molecule has 1 aliphatic heterocycles. The number of allylic oxidation sites excluding steroid dienone is 5. The van der Waals surface area contributed by atoms with Crippen LogP contribution in [0.2, 0.25) is 13.1 Å². The van der Waals surface area contributed by atoms with Crippen molar-refractivity contribution in [3.63, 3.8) is 0 Å². The lowest BCUT2D eigenvalue weighted by Crippen LogP contribution is -2.50. The lowest BCUT2D eigenvalue weighted by atomic mass is 9.89. The third-order valence-electron chi connectivity index (χ3n) is 7.82. The molecule has 0 atom stereocenters. The van der Waals surface area contributed by atoms with E-state index in [-0.39, 0.29) is 5.56 Å². The van der Waals surface area contributed by atoms with Crippen molar-refractivity contribution >= 4 is 50.5 Å². The van der Waals surface area contributed by atoms with Crippen molar-refractivity contribution in [3.8, 4) is 0 Å². The first kappa shape index (κ1) is 33.0. The lowest BCUT2D eigenvalue weighted by molar-refractivity contribution is -0.505. The molecule has 0 aromatic heterocycles. The summed E-state index contributed by atoms with van der Waals surface area (Å²) in [5.74, 6) is 0. The van der Waals surface area contributed by atoms with Gasteiger partial charge >= 0.3 is 0 Å². The van der Waals surface area contributed by atoms with Gasteiger partial charge in [0.25, 0.3) is 20.2 Å². The molecule has 0 amide bonds. The Balaban J connectivity index is 2.15. The maximum absolute atomic E-state index is 12.7. The standard InChI is InChI=1S/C33H36N2O6S2Si/c1-7-17-34(18-8-2)24-11-14-28-31(21-24)44(5,6)32-22-25(35(19-9-3)20-10-4)12-15-29(32)33(28)27-16-13-26(42(36,37)38)23-30(27)43(39,40)41/h7-16,21-23H,1-4,17-20H2,5-6H3,(H-,36,37,38,39,40,41)/p+1. The van der Waals surface area contributed by atoms with Crippen LogP contribution in [0.15, 0.2) is 126 Å². The Morgan fingerprint density at radius 1 is 0.818 bits per heavy atom. The molecule has 11 heteroatoms. The monoisotopic (exact) mass is 649 g/mol. The molecule has 4 rings (SSSR count). The zero-order chi connectivity index (χ0) is 32.4. The minimum absolute atomic E-state index is 0.121. The van der Waals surface area contributed by atoms with E-state index in [9.17, 15) is 25.9 Å². The number of nitrogens with zero attached hydrogens (tertiary/aromatic N) is 2. The molecule has 230 valence electrons. The van der Waals surface area contributed by atoms with Gasteiger partial charge < -0.3 is 4.90 Å². The Hall–Kier alpha value is -3.87. The van der Waals surface area contributed by atoms with Gasteiger partial charge in [-0.2, -0.15) is 16.8 Å². The fraction of sp³-hybridized carbons (Fsp3) is 0.182. The quantitative estimate of drug-likeness (QED) is 0.145. The fourth-order valence-corrected chi connectivity index (χ4v) is 10.2. The summed E-state index contributed by atoms with van der Waals surface area (Å²) < 4.78 is 71.4. The van der Waals surface area contributed by atoms with Crippen LogP contribution >= 0.6 is 0 Å². The fourth-order valence-electron chi connectivity index (χ4n) is 5.79. The van der Waals surface area contributed by atoms with E-state index in [0.29, 0.717) is 31.8 Å². The Kier molecular flexibility index (Phi) is 9.48. The van der Waals surface area contributed by atoms with Gasteiger partial charge in [-0.3, -0.25) is 9.11 Å². The number of anilines is 1. The van der Waals surface area contributed by atoms with Gasteiger partial charge in [-0.25, -0.2) is 4.58 Å². The third kappa shape index (κ3) is 6.33. The molecule has 2 aromatic rings. The van der Waals surface area contributed by atoms with Crippen molar-refractivity contribution in [1.82, 2.24) is 0 Å². The Bertz CT molecular complexity index is 1890. The molecule has 0 radical (unpaired) electrons. The van der Waals surface area contributed by atoms with E-state index >= 15 is 0 Å². The molecule has 0 bridgehead atoms. The lowest BCUT2D eigenvalue weighted by Gasteiger charge is -2.38. The van der Waals surface area contributed by atoms with Crippen molar-refractivity contribution in [1.29, 1.82) is 0 Å². The number of fused-ring (bicyclic) bond motifs is 2. The highest BCUT2D eigenvalue weighted by Gasteiger charge is 2.41. The maximum atomic E-state index is 12.7. The molecule has 0 spiro atoms. The van der Waals surface area contributed by atoms with Crippen LogP contribution in [0.3, 0.4) is 0 Å². The van der Waals surface area contributed by atoms with E-state index in [4.69, 9.17) is 0 Å². The highest BCUT2D eigenvalue weighted by Crippen LogP contribution is 2.43. The van der Waals surface area contributed by atoms with Crippen molar-refractivity contribution in [3.05, 3.63) is 127 Å². The largest absolute Gasteiger partial charge is 0.364 e. The smallest absolute Gasteiger partial charge is 0.295 e. The second-order valence-corrected chi connectivity index (χ2v) is 18.2. The van der Waals surface area contributed by atoms with Crippen LogP contribution in [0.25, 0.3) is 5.57 Å². The summed E-state index contributed by atoms with van der Waals surface area (Å²) in [6.45, 7) is 22.4. The van der Waals surface area contributed by atoms with Gasteiger partial charge in [0.1, 0.15) is 13.0 Å². The number of rotatable bonds is 12. The van der Waals surface area contributed by atoms with Gasteiger partial charge in [-0.1, -0.05) is 50.5 Å². The highest BCUT2D eigenvalue weighted by atomic mass is 32.2. The third-order valence-corrected chi connectivity index (χ3v) is 13.1. The first-order chi connectivity index (χ1) is 20.7. The molecule has 0 saturated carbocycles. The van der Waals surface area contributed by atoms with Gasteiger partial charge in [0.05, 0.1) is 4.90 Å². The van der Waals surface area contributed by atoms with Crippen LogP contribution in [-0.2, 0) is 20.2 Å².